The minimum atomic E-state index is -4.96. The van der Waals surface area contributed by atoms with Gasteiger partial charge in [-0.1, -0.05) is 413 Å². The number of hydrogen-bond donors (Lipinski definition) is 3. The van der Waals surface area contributed by atoms with Crippen LogP contribution in [0.4, 0.5) is 0 Å². The first-order valence-electron chi connectivity index (χ1n) is 44.3. The minimum absolute atomic E-state index is 0.109. The van der Waals surface area contributed by atoms with Crippen LogP contribution in [0.5, 0.6) is 0 Å². The topological polar surface area (TPSA) is 237 Å². The third kappa shape index (κ3) is 78.2. The Morgan fingerprint density at radius 1 is 0.231 bits per heavy atom. The lowest BCUT2D eigenvalue weighted by Crippen LogP contribution is -2.30. The van der Waals surface area contributed by atoms with E-state index < -0.39 is 97.5 Å². The van der Waals surface area contributed by atoms with Crippen LogP contribution in [0.2, 0.25) is 0 Å². The zero-order chi connectivity index (χ0) is 76.0. The van der Waals surface area contributed by atoms with E-state index in [0.29, 0.717) is 25.7 Å². The number of rotatable bonds is 86. The third-order valence-electron chi connectivity index (χ3n) is 20.1. The predicted octanol–water partition coefficient (Wildman–Crippen LogP) is 26.1. The number of carbonyl (C=O) groups is 4. The van der Waals surface area contributed by atoms with E-state index in [1.807, 2.05) is 0 Å². The maximum absolute atomic E-state index is 13.1. The van der Waals surface area contributed by atoms with Crippen LogP contribution in [0.3, 0.4) is 0 Å². The largest absolute Gasteiger partial charge is 0.472 e. The summed E-state index contributed by atoms with van der Waals surface area (Å²) >= 11 is 0. The number of esters is 4. The lowest BCUT2D eigenvalue weighted by Gasteiger charge is -2.21. The van der Waals surface area contributed by atoms with Crippen LogP contribution in [0.15, 0.2) is 0 Å². The molecule has 0 aromatic carbocycles. The van der Waals surface area contributed by atoms with Crippen molar-refractivity contribution in [3.05, 3.63) is 0 Å². The van der Waals surface area contributed by atoms with E-state index in [9.17, 15) is 43.2 Å². The smallest absolute Gasteiger partial charge is 0.462 e. The van der Waals surface area contributed by atoms with Gasteiger partial charge in [-0.05, 0) is 25.7 Å². The highest BCUT2D eigenvalue weighted by Crippen LogP contribution is 2.45. The summed E-state index contributed by atoms with van der Waals surface area (Å²) in [6.07, 6.45) is 73.5. The molecule has 0 saturated heterocycles. The molecule has 19 heteroatoms. The molecule has 104 heavy (non-hydrogen) atoms. The van der Waals surface area contributed by atoms with Crippen molar-refractivity contribution in [2.24, 2.45) is 0 Å². The molecule has 0 aromatic rings. The highest BCUT2D eigenvalue weighted by atomic mass is 31.2. The van der Waals surface area contributed by atoms with Gasteiger partial charge in [0.25, 0.3) is 0 Å². The SMILES string of the molecule is CCCCCCCCCCCCCCCCCCCCCCCCC(=O)O[C@H](COC(=O)CCCCCCCCCCCCCCCCCC)COP(=O)(O)OC[C@@H](O)COP(=O)(O)OC[C@@H](COC(=O)CCCCCCCCCCCCCC)OC(=O)CCCCCCCCCCCCCCCC. The highest BCUT2D eigenvalue weighted by Gasteiger charge is 2.30. The Kier molecular flexibility index (Phi) is 77.7. The van der Waals surface area contributed by atoms with Gasteiger partial charge < -0.3 is 33.8 Å². The van der Waals surface area contributed by atoms with Crippen LogP contribution in [-0.2, 0) is 65.4 Å². The van der Waals surface area contributed by atoms with Gasteiger partial charge in [0, 0.05) is 25.7 Å². The molecular formula is C85H166O17P2. The minimum Gasteiger partial charge on any atom is -0.462 e. The van der Waals surface area contributed by atoms with Crippen molar-refractivity contribution < 1.29 is 80.2 Å². The first kappa shape index (κ1) is 102. The summed E-state index contributed by atoms with van der Waals surface area (Å²) < 4.78 is 68.9. The molecule has 0 aliphatic heterocycles. The molecule has 0 aliphatic carbocycles. The van der Waals surface area contributed by atoms with Gasteiger partial charge in [-0.15, -0.1) is 0 Å². The van der Waals surface area contributed by atoms with Gasteiger partial charge in [0.2, 0.25) is 0 Å². The number of hydrogen-bond acceptors (Lipinski definition) is 15. The molecule has 0 aromatic heterocycles. The average Bonchev–Trinajstić information content (AvgIpc) is 0.905. The number of unbranched alkanes of at least 4 members (excludes halogenated alkanes) is 60. The van der Waals surface area contributed by atoms with E-state index in [-0.39, 0.29) is 25.7 Å². The standard InChI is InChI=1S/C85H166O17P2/c1-5-9-13-17-21-25-29-33-36-38-39-40-41-42-43-45-48-52-56-60-64-68-72-85(90)102-81(76-96-83(88)70-66-62-58-54-50-47-44-37-34-30-26-22-18-14-10-6-2)78-100-104(93,94)98-74-79(86)73-97-103(91,92)99-77-80(75-95-82(87)69-65-61-57-53-49-32-28-24-20-16-12-8-4)101-84(89)71-67-63-59-55-51-46-35-31-27-23-19-15-11-7-3/h79-81,86H,5-78H2,1-4H3,(H,91,92)(H,93,94)/t79-,80+,81+/m0/s1. The number of aliphatic hydroxyl groups is 1. The average molecular weight is 1520 g/mol. The third-order valence-corrected chi connectivity index (χ3v) is 22.0. The fraction of sp³-hybridized carbons (Fsp3) is 0.953. The van der Waals surface area contributed by atoms with E-state index in [0.717, 1.165) is 89.9 Å². The van der Waals surface area contributed by atoms with Crippen LogP contribution >= 0.6 is 15.6 Å². The van der Waals surface area contributed by atoms with Crippen molar-refractivity contribution in [3.63, 3.8) is 0 Å². The second kappa shape index (κ2) is 79.2. The van der Waals surface area contributed by atoms with Crippen molar-refractivity contribution in [3.8, 4) is 0 Å². The zero-order valence-corrected chi connectivity index (χ0v) is 69.8. The van der Waals surface area contributed by atoms with Crippen molar-refractivity contribution in [2.75, 3.05) is 39.6 Å². The number of phosphoric acid groups is 2. The Balaban J connectivity index is 5.22. The summed E-state index contributed by atoms with van der Waals surface area (Å²) in [4.78, 5) is 73.2. The molecule has 0 saturated carbocycles. The summed E-state index contributed by atoms with van der Waals surface area (Å²) in [5, 5.41) is 10.7. The Labute approximate surface area is 638 Å². The van der Waals surface area contributed by atoms with Gasteiger partial charge >= 0.3 is 39.5 Å². The molecule has 5 atom stereocenters. The van der Waals surface area contributed by atoms with Gasteiger partial charge in [-0.25, -0.2) is 9.13 Å². The predicted molar refractivity (Wildman–Crippen MR) is 428 cm³/mol. The molecule has 0 amide bonds. The molecule has 0 rings (SSSR count). The lowest BCUT2D eigenvalue weighted by atomic mass is 10.0. The maximum Gasteiger partial charge on any atom is 0.472 e. The number of aliphatic hydroxyl groups excluding tert-OH is 1. The van der Waals surface area contributed by atoms with Gasteiger partial charge in [0.05, 0.1) is 26.4 Å². The monoisotopic (exact) mass is 1520 g/mol. The molecule has 0 heterocycles. The Morgan fingerprint density at radius 2 is 0.385 bits per heavy atom. The fourth-order valence-corrected chi connectivity index (χ4v) is 14.9. The first-order chi connectivity index (χ1) is 50.7. The lowest BCUT2D eigenvalue weighted by molar-refractivity contribution is -0.161. The van der Waals surface area contributed by atoms with Gasteiger partial charge in [-0.3, -0.25) is 37.3 Å². The first-order valence-corrected chi connectivity index (χ1v) is 47.3. The highest BCUT2D eigenvalue weighted by molar-refractivity contribution is 7.47. The molecule has 0 fully saturated rings. The van der Waals surface area contributed by atoms with E-state index in [4.69, 9.17) is 37.0 Å². The molecular weight excluding hydrogens is 1350 g/mol. The van der Waals surface area contributed by atoms with Crippen LogP contribution in [0.25, 0.3) is 0 Å². The van der Waals surface area contributed by atoms with Crippen molar-refractivity contribution in [1.29, 1.82) is 0 Å². The quantitative estimate of drug-likeness (QED) is 0.0222. The van der Waals surface area contributed by atoms with Gasteiger partial charge in [0.1, 0.15) is 19.3 Å². The fourth-order valence-electron chi connectivity index (χ4n) is 13.3. The number of ether oxygens (including phenoxy) is 4. The second-order valence-corrected chi connectivity index (χ2v) is 33.5. The summed E-state index contributed by atoms with van der Waals surface area (Å²) in [6.45, 7) is 5.05. The summed E-state index contributed by atoms with van der Waals surface area (Å²) in [7, 11) is -9.92. The number of carbonyl (C=O) groups excluding carboxylic acids is 4. The van der Waals surface area contributed by atoms with E-state index in [2.05, 4.69) is 27.7 Å². The van der Waals surface area contributed by atoms with E-state index in [1.165, 1.54) is 295 Å². The molecule has 17 nitrogen and oxygen atoms in total. The van der Waals surface area contributed by atoms with Crippen LogP contribution in [0.1, 0.15) is 464 Å². The van der Waals surface area contributed by atoms with Crippen LogP contribution < -0.4 is 0 Å². The number of phosphoric ester groups is 2. The maximum atomic E-state index is 13.1. The molecule has 0 spiro atoms. The zero-order valence-electron chi connectivity index (χ0n) is 68.0. The van der Waals surface area contributed by atoms with E-state index in [1.54, 1.807) is 0 Å². The van der Waals surface area contributed by atoms with Crippen molar-refractivity contribution >= 4 is 39.5 Å². The molecule has 0 radical (unpaired) electrons. The molecule has 0 aliphatic rings. The Morgan fingerprint density at radius 3 is 0.567 bits per heavy atom. The Bertz CT molecular complexity index is 1960. The molecule has 2 unspecified atom stereocenters. The molecule has 3 N–H and O–H groups in total. The summed E-state index contributed by atoms with van der Waals surface area (Å²) in [6, 6.07) is 0. The van der Waals surface area contributed by atoms with Gasteiger partial charge in [0.15, 0.2) is 12.2 Å². The summed E-state index contributed by atoms with van der Waals surface area (Å²) in [5.74, 6) is -2.10. The van der Waals surface area contributed by atoms with Crippen molar-refractivity contribution in [2.45, 2.75) is 483 Å². The molecule has 618 valence electrons. The second-order valence-electron chi connectivity index (χ2n) is 30.6. The van der Waals surface area contributed by atoms with Crippen molar-refractivity contribution in [1.82, 2.24) is 0 Å². The van der Waals surface area contributed by atoms with E-state index >= 15 is 0 Å². The van der Waals surface area contributed by atoms with Crippen LogP contribution in [0, 0.1) is 0 Å². The summed E-state index contributed by atoms with van der Waals surface area (Å²) in [5.41, 5.74) is 0. The Hall–Kier alpha value is -1.94. The normalized spacial score (nSPS) is 13.7. The van der Waals surface area contributed by atoms with Gasteiger partial charge in [-0.2, -0.15) is 0 Å². The molecule has 0 bridgehead atoms. The van der Waals surface area contributed by atoms with Crippen LogP contribution in [-0.4, -0.2) is 96.7 Å².